The van der Waals surface area contributed by atoms with Crippen molar-refractivity contribution >= 4 is 10.8 Å². The van der Waals surface area contributed by atoms with E-state index in [9.17, 15) is 0 Å². The number of hydrogen-bond acceptors (Lipinski definition) is 2. The molecule has 3 rings (SSSR count). The number of nitrogens with zero attached hydrogens (tertiary/aromatic N) is 1. The summed E-state index contributed by atoms with van der Waals surface area (Å²) in [6, 6.07) is 16.2. The van der Waals surface area contributed by atoms with E-state index in [-0.39, 0.29) is 0 Å². The maximum Gasteiger partial charge on any atom is 0.0244 e. The molecule has 0 heterocycles. The molecule has 0 spiro atoms. The van der Waals surface area contributed by atoms with Crippen LogP contribution in [0.25, 0.3) is 10.8 Å². The smallest absolute Gasteiger partial charge is 0.0244 e. The van der Waals surface area contributed by atoms with Crippen molar-refractivity contribution in [1.29, 1.82) is 0 Å². The highest BCUT2D eigenvalue weighted by Gasteiger charge is 2.26. The van der Waals surface area contributed by atoms with Crippen LogP contribution in [-0.2, 0) is 6.42 Å². The van der Waals surface area contributed by atoms with Crippen molar-refractivity contribution in [2.24, 2.45) is 5.73 Å². The first kappa shape index (κ1) is 13.6. The molecule has 0 radical (unpaired) electrons. The summed E-state index contributed by atoms with van der Waals surface area (Å²) in [5, 5.41) is 2.73. The highest BCUT2D eigenvalue weighted by atomic mass is 15.1. The van der Waals surface area contributed by atoms with Gasteiger partial charge < -0.3 is 10.6 Å². The van der Waals surface area contributed by atoms with E-state index in [1.807, 2.05) is 0 Å². The molecule has 0 aliphatic heterocycles. The average Bonchev–Trinajstić information content (AvgIpc) is 2.91. The van der Waals surface area contributed by atoms with Gasteiger partial charge in [-0.3, -0.25) is 0 Å². The molecule has 2 atom stereocenters. The third-order valence-corrected chi connectivity index (χ3v) is 4.71. The van der Waals surface area contributed by atoms with E-state index in [2.05, 4.69) is 54.4 Å². The van der Waals surface area contributed by atoms with Crippen molar-refractivity contribution in [2.75, 3.05) is 13.6 Å². The fourth-order valence-electron chi connectivity index (χ4n) is 3.49. The van der Waals surface area contributed by atoms with Crippen molar-refractivity contribution in [3.05, 3.63) is 48.0 Å². The molecule has 2 N–H and O–H groups in total. The van der Waals surface area contributed by atoms with Gasteiger partial charge in [-0.15, -0.1) is 0 Å². The molecular formula is C18H24N2. The van der Waals surface area contributed by atoms with Crippen molar-refractivity contribution < 1.29 is 0 Å². The first-order valence-electron chi connectivity index (χ1n) is 7.68. The SMILES string of the molecule is CN(CCc1cccc2ccccc12)C1CCCC1N. The number of benzene rings is 2. The second-order valence-corrected chi connectivity index (χ2v) is 6.03. The van der Waals surface area contributed by atoms with E-state index < -0.39 is 0 Å². The zero-order valence-corrected chi connectivity index (χ0v) is 12.3. The largest absolute Gasteiger partial charge is 0.326 e. The minimum atomic E-state index is 0.368. The highest BCUT2D eigenvalue weighted by molar-refractivity contribution is 5.85. The van der Waals surface area contributed by atoms with E-state index in [1.54, 1.807) is 0 Å². The summed E-state index contributed by atoms with van der Waals surface area (Å²) >= 11 is 0. The number of nitrogens with two attached hydrogens (primary N) is 1. The van der Waals surface area contributed by atoms with Gasteiger partial charge in [0.15, 0.2) is 0 Å². The molecule has 1 aliphatic carbocycles. The number of likely N-dealkylation sites (N-methyl/N-ethyl adjacent to an activating group) is 1. The van der Waals surface area contributed by atoms with Gasteiger partial charge in [0.25, 0.3) is 0 Å². The minimum Gasteiger partial charge on any atom is -0.326 e. The Bertz CT molecular complexity index is 573. The maximum absolute atomic E-state index is 6.20. The number of rotatable bonds is 4. The van der Waals surface area contributed by atoms with Crippen molar-refractivity contribution in [2.45, 2.75) is 37.8 Å². The van der Waals surface area contributed by atoms with Crippen molar-refractivity contribution in [3.63, 3.8) is 0 Å². The zero-order valence-electron chi connectivity index (χ0n) is 12.3. The molecule has 1 saturated carbocycles. The van der Waals surface area contributed by atoms with Gasteiger partial charge in [0, 0.05) is 18.6 Å². The molecule has 1 fully saturated rings. The van der Waals surface area contributed by atoms with Crippen molar-refractivity contribution in [3.8, 4) is 0 Å². The van der Waals surface area contributed by atoms with Crippen LogP contribution in [0.15, 0.2) is 42.5 Å². The van der Waals surface area contributed by atoms with E-state index in [1.165, 1.54) is 35.6 Å². The van der Waals surface area contributed by atoms with Crippen LogP contribution in [0.3, 0.4) is 0 Å². The predicted molar refractivity (Wildman–Crippen MR) is 85.9 cm³/mol. The topological polar surface area (TPSA) is 29.3 Å². The van der Waals surface area contributed by atoms with Crippen LogP contribution in [0.4, 0.5) is 0 Å². The molecule has 0 saturated heterocycles. The summed E-state index contributed by atoms with van der Waals surface area (Å²) in [5.74, 6) is 0. The standard InChI is InChI=1S/C18H24N2/c1-20(18-11-5-10-17(18)19)13-12-15-8-4-7-14-6-2-3-9-16(14)15/h2-4,6-9,17-18H,5,10-13,19H2,1H3. The fraction of sp³-hybridized carbons (Fsp3) is 0.444. The third-order valence-electron chi connectivity index (χ3n) is 4.71. The van der Waals surface area contributed by atoms with Gasteiger partial charge in [0.1, 0.15) is 0 Å². The van der Waals surface area contributed by atoms with Gasteiger partial charge in [-0.05, 0) is 42.6 Å². The lowest BCUT2D eigenvalue weighted by Crippen LogP contribution is -2.43. The summed E-state index contributed by atoms with van der Waals surface area (Å²) < 4.78 is 0. The second kappa shape index (κ2) is 5.94. The third kappa shape index (κ3) is 2.72. The molecule has 2 nitrogen and oxygen atoms in total. The van der Waals surface area contributed by atoms with Gasteiger partial charge in [-0.25, -0.2) is 0 Å². The van der Waals surface area contributed by atoms with Crippen molar-refractivity contribution in [1.82, 2.24) is 4.90 Å². The summed E-state index contributed by atoms with van der Waals surface area (Å²) in [6.07, 6.45) is 4.82. The average molecular weight is 268 g/mol. The van der Waals surface area contributed by atoms with Crippen LogP contribution >= 0.6 is 0 Å². The Kier molecular flexibility index (Phi) is 4.04. The van der Waals surface area contributed by atoms with Gasteiger partial charge in [0.2, 0.25) is 0 Å². The van der Waals surface area contributed by atoms with E-state index >= 15 is 0 Å². The van der Waals surface area contributed by atoms with E-state index in [0.29, 0.717) is 12.1 Å². The zero-order chi connectivity index (χ0) is 13.9. The quantitative estimate of drug-likeness (QED) is 0.922. The number of hydrogen-bond donors (Lipinski definition) is 1. The lowest BCUT2D eigenvalue weighted by Gasteiger charge is -2.27. The van der Waals surface area contributed by atoms with Crippen LogP contribution in [0.2, 0.25) is 0 Å². The molecule has 2 aromatic rings. The lowest BCUT2D eigenvalue weighted by molar-refractivity contribution is 0.231. The van der Waals surface area contributed by atoms with Gasteiger partial charge >= 0.3 is 0 Å². The van der Waals surface area contributed by atoms with Gasteiger partial charge in [-0.2, -0.15) is 0 Å². The Morgan fingerprint density at radius 2 is 1.90 bits per heavy atom. The fourth-order valence-corrected chi connectivity index (χ4v) is 3.49. The summed E-state index contributed by atoms with van der Waals surface area (Å²) in [7, 11) is 2.22. The van der Waals surface area contributed by atoms with Crippen LogP contribution < -0.4 is 5.73 Å². The minimum absolute atomic E-state index is 0.368. The van der Waals surface area contributed by atoms with Gasteiger partial charge in [0.05, 0.1) is 0 Å². The molecule has 1 aliphatic rings. The highest BCUT2D eigenvalue weighted by Crippen LogP contribution is 2.23. The Labute approximate surface area is 121 Å². The molecule has 2 unspecified atom stereocenters. The first-order valence-corrected chi connectivity index (χ1v) is 7.68. The Balaban J connectivity index is 1.71. The molecule has 0 amide bonds. The Hall–Kier alpha value is -1.38. The number of fused-ring (bicyclic) bond motifs is 1. The van der Waals surface area contributed by atoms with Crippen LogP contribution in [0, 0.1) is 0 Å². The van der Waals surface area contributed by atoms with E-state index in [0.717, 1.165) is 13.0 Å². The second-order valence-electron chi connectivity index (χ2n) is 6.03. The van der Waals surface area contributed by atoms with Crippen LogP contribution in [0.5, 0.6) is 0 Å². The predicted octanol–water partition coefficient (Wildman–Crippen LogP) is 3.19. The summed E-state index contributed by atoms with van der Waals surface area (Å²) in [6.45, 7) is 1.09. The maximum atomic E-state index is 6.20. The van der Waals surface area contributed by atoms with E-state index in [4.69, 9.17) is 5.73 Å². The Morgan fingerprint density at radius 3 is 2.70 bits per heavy atom. The normalized spacial score (nSPS) is 22.8. The molecular weight excluding hydrogens is 244 g/mol. The molecule has 0 bridgehead atoms. The monoisotopic (exact) mass is 268 g/mol. The van der Waals surface area contributed by atoms with Gasteiger partial charge in [-0.1, -0.05) is 48.9 Å². The molecule has 20 heavy (non-hydrogen) atoms. The molecule has 0 aromatic heterocycles. The molecule has 106 valence electrons. The molecule has 2 heteroatoms. The van der Waals surface area contributed by atoms with Crippen LogP contribution in [-0.4, -0.2) is 30.6 Å². The summed E-state index contributed by atoms with van der Waals surface area (Å²) in [5.41, 5.74) is 7.64. The lowest BCUT2D eigenvalue weighted by atomic mass is 10.0. The molecule has 2 aromatic carbocycles. The summed E-state index contributed by atoms with van der Waals surface area (Å²) in [4.78, 5) is 2.46. The van der Waals surface area contributed by atoms with Crippen LogP contribution in [0.1, 0.15) is 24.8 Å². The Morgan fingerprint density at radius 1 is 1.10 bits per heavy atom. The first-order chi connectivity index (χ1) is 9.75.